The summed E-state index contributed by atoms with van der Waals surface area (Å²) >= 11 is 0. The lowest BCUT2D eigenvalue weighted by Gasteiger charge is -2.10. The zero-order chi connectivity index (χ0) is 20.4. The minimum absolute atomic E-state index is 0.303. The van der Waals surface area contributed by atoms with Gasteiger partial charge in [0, 0.05) is 23.1 Å². The van der Waals surface area contributed by atoms with E-state index in [0.717, 1.165) is 22.3 Å². The van der Waals surface area contributed by atoms with E-state index >= 15 is 0 Å². The number of nitrogens with one attached hydrogen (secondary N) is 3. The van der Waals surface area contributed by atoms with Crippen LogP contribution in [0.1, 0.15) is 16.1 Å². The van der Waals surface area contributed by atoms with E-state index in [2.05, 4.69) is 20.6 Å². The number of pyridine rings is 1. The fourth-order valence-corrected chi connectivity index (χ4v) is 3.20. The fraction of sp³-hybridized carbons (Fsp3) is 0.0455. The van der Waals surface area contributed by atoms with E-state index in [1.165, 1.54) is 0 Å². The number of aryl methyl sites for hydroxylation is 1. The predicted molar refractivity (Wildman–Crippen MR) is 114 cm³/mol. The van der Waals surface area contributed by atoms with E-state index < -0.39 is 5.91 Å². The summed E-state index contributed by atoms with van der Waals surface area (Å²) in [5, 5.41) is 5.62. The minimum atomic E-state index is -0.558. The van der Waals surface area contributed by atoms with Crippen molar-refractivity contribution in [3.63, 3.8) is 0 Å². The van der Waals surface area contributed by atoms with Gasteiger partial charge in [0.15, 0.2) is 0 Å². The molecular weight excluding hydrogens is 366 g/mol. The lowest BCUT2D eigenvalue weighted by Crippen LogP contribution is -2.19. The molecule has 0 atom stereocenters. The molecule has 2 aromatic carbocycles. The molecule has 7 nitrogen and oxygen atoms in total. The molecule has 0 unspecified atom stereocenters. The number of primary amides is 1. The number of fused-ring (bicyclic) bond motifs is 1. The third-order valence-corrected chi connectivity index (χ3v) is 4.63. The highest BCUT2D eigenvalue weighted by Gasteiger charge is 2.18. The number of amides is 3. The van der Waals surface area contributed by atoms with Gasteiger partial charge in [0.2, 0.25) is 0 Å². The van der Waals surface area contributed by atoms with Gasteiger partial charge in [-0.15, -0.1) is 0 Å². The van der Waals surface area contributed by atoms with Gasteiger partial charge < -0.3 is 21.4 Å². The zero-order valence-electron chi connectivity index (χ0n) is 15.7. The van der Waals surface area contributed by atoms with Crippen molar-refractivity contribution in [3.05, 3.63) is 78.1 Å². The Morgan fingerprint density at radius 2 is 1.72 bits per heavy atom. The minimum Gasteiger partial charge on any atom is -0.364 e. The number of nitrogens with two attached hydrogens (primary N) is 1. The van der Waals surface area contributed by atoms with E-state index in [-0.39, 0.29) is 6.03 Å². The number of benzene rings is 2. The monoisotopic (exact) mass is 385 g/mol. The molecular formula is C22H19N5O2. The number of aromatic nitrogens is 2. The quantitative estimate of drug-likeness (QED) is 0.420. The molecule has 7 heteroatoms. The Kier molecular flexibility index (Phi) is 4.70. The van der Waals surface area contributed by atoms with Gasteiger partial charge in [-0.25, -0.2) is 4.79 Å². The van der Waals surface area contributed by atoms with Crippen molar-refractivity contribution in [2.45, 2.75) is 6.92 Å². The van der Waals surface area contributed by atoms with E-state index in [9.17, 15) is 9.59 Å². The van der Waals surface area contributed by atoms with Crippen molar-refractivity contribution in [2.24, 2.45) is 5.73 Å². The fourth-order valence-electron chi connectivity index (χ4n) is 3.20. The zero-order valence-corrected chi connectivity index (χ0v) is 15.7. The maximum absolute atomic E-state index is 12.3. The highest BCUT2D eigenvalue weighted by molar-refractivity contribution is 6.08. The summed E-state index contributed by atoms with van der Waals surface area (Å²) in [6, 6.07) is 18.0. The van der Waals surface area contributed by atoms with E-state index in [4.69, 9.17) is 5.73 Å². The van der Waals surface area contributed by atoms with Crippen LogP contribution in [-0.4, -0.2) is 21.9 Å². The molecule has 5 N–H and O–H groups in total. The maximum Gasteiger partial charge on any atom is 0.323 e. The second-order valence-corrected chi connectivity index (χ2v) is 6.61. The Morgan fingerprint density at radius 1 is 0.966 bits per heavy atom. The maximum atomic E-state index is 12.3. The van der Waals surface area contributed by atoms with Crippen LogP contribution in [0.15, 0.2) is 66.9 Å². The SMILES string of the molecule is Cc1ccccc1NC(=O)Nc1ccc(-c2c(C(N)=O)[nH]c3cccnc23)cc1. The molecule has 0 aliphatic rings. The number of hydrogen-bond acceptors (Lipinski definition) is 3. The van der Waals surface area contributed by atoms with Crippen LogP contribution in [0.25, 0.3) is 22.2 Å². The second-order valence-electron chi connectivity index (χ2n) is 6.61. The van der Waals surface area contributed by atoms with Crippen LogP contribution in [0.4, 0.5) is 16.2 Å². The van der Waals surface area contributed by atoms with Gasteiger partial charge in [-0.3, -0.25) is 9.78 Å². The van der Waals surface area contributed by atoms with Crippen molar-refractivity contribution in [1.29, 1.82) is 0 Å². The van der Waals surface area contributed by atoms with Gasteiger partial charge in [-0.2, -0.15) is 0 Å². The Labute approximate surface area is 167 Å². The van der Waals surface area contributed by atoms with Gasteiger partial charge in [-0.05, 0) is 48.4 Å². The summed E-state index contributed by atoms with van der Waals surface area (Å²) in [6.07, 6.45) is 1.66. The van der Waals surface area contributed by atoms with E-state index in [1.54, 1.807) is 24.4 Å². The normalized spacial score (nSPS) is 10.7. The predicted octanol–water partition coefficient (Wildman–Crippen LogP) is 4.28. The first-order valence-electron chi connectivity index (χ1n) is 9.03. The van der Waals surface area contributed by atoms with Crippen molar-refractivity contribution < 1.29 is 9.59 Å². The van der Waals surface area contributed by atoms with Crippen LogP contribution >= 0.6 is 0 Å². The highest BCUT2D eigenvalue weighted by Crippen LogP contribution is 2.31. The Balaban J connectivity index is 1.58. The number of anilines is 2. The average molecular weight is 385 g/mol. The van der Waals surface area contributed by atoms with Crippen LogP contribution < -0.4 is 16.4 Å². The van der Waals surface area contributed by atoms with Crippen molar-refractivity contribution in [3.8, 4) is 11.1 Å². The number of urea groups is 1. The number of nitrogens with zero attached hydrogens (tertiary/aromatic N) is 1. The summed E-state index contributed by atoms with van der Waals surface area (Å²) in [4.78, 5) is 31.5. The molecule has 0 saturated carbocycles. The summed E-state index contributed by atoms with van der Waals surface area (Å²) in [7, 11) is 0. The molecule has 0 radical (unpaired) electrons. The third-order valence-electron chi connectivity index (χ3n) is 4.63. The standard InChI is InChI=1S/C22H19N5O2/c1-13-5-2-3-6-16(13)27-22(29)25-15-10-8-14(9-11-15)18-19-17(7-4-12-24-19)26-20(18)21(23)28/h2-12,26H,1H3,(H2,23,28)(H2,25,27,29). The van der Waals surface area contributed by atoms with Crippen LogP contribution in [0, 0.1) is 6.92 Å². The molecule has 2 aromatic heterocycles. The molecule has 0 bridgehead atoms. The van der Waals surface area contributed by atoms with Crippen LogP contribution in [-0.2, 0) is 0 Å². The van der Waals surface area contributed by atoms with Crippen molar-refractivity contribution in [2.75, 3.05) is 10.6 Å². The molecule has 3 amide bonds. The molecule has 29 heavy (non-hydrogen) atoms. The molecule has 0 saturated heterocycles. The molecule has 144 valence electrons. The molecule has 0 aliphatic heterocycles. The topological polar surface area (TPSA) is 113 Å². The average Bonchev–Trinajstić information content (AvgIpc) is 3.10. The largest absolute Gasteiger partial charge is 0.364 e. The summed E-state index contributed by atoms with van der Waals surface area (Å²) < 4.78 is 0. The molecule has 4 rings (SSSR count). The third kappa shape index (κ3) is 3.66. The van der Waals surface area contributed by atoms with Crippen molar-refractivity contribution in [1.82, 2.24) is 9.97 Å². The summed E-state index contributed by atoms with van der Waals surface area (Å²) in [5.41, 5.74) is 11.0. The van der Waals surface area contributed by atoms with Gasteiger partial charge in [0.1, 0.15) is 5.69 Å². The second kappa shape index (κ2) is 7.47. The molecule has 2 heterocycles. The van der Waals surface area contributed by atoms with Gasteiger partial charge >= 0.3 is 6.03 Å². The summed E-state index contributed by atoms with van der Waals surface area (Å²) in [6.45, 7) is 1.93. The number of aromatic amines is 1. The molecule has 0 fully saturated rings. The molecule has 0 aliphatic carbocycles. The van der Waals surface area contributed by atoms with Crippen LogP contribution in [0.2, 0.25) is 0 Å². The molecule has 0 spiro atoms. The summed E-state index contributed by atoms with van der Waals surface area (Å²) in [5.74, 6) is -0.558. The first-order valence-corrected chi connectivity index (χ1v) is 9.03. The number of carbonyl (C=O) groups excluding carboxylic acids is 2. The number of hydrogen-bond donors (Lipinski definition) is 4. The highest BCUT2D eigenvalue weighted by atomic mass is 16.2. The first kappa shape index (κ1) is 18.2. The Hall–Kier alpha value is -4.13. The number of rotatable bonds is 4. The van der Waals surface area contributed by atoms with E-state index in [1.807, 2.05) is 49.4 Å². The molecule has 4 aromatic rings. The lowest BCUT2D eigenvalue weighted by atomic mass is 10.0. The van der Waals surface area contributed by atoms with Crippen molar-refractivity contribution >= 4 is 34.3 Å². The van der Waals surface area contributed by atoms with Gasteiger partial charge in [-0.1, -0.05) is 30.3 Å². The lowest BCUT2D eigenvalue weighted by molar-refractivity contribution is 0.0997. The van der Waals surface area contributed by atoms with Gasteiger partial charge in [0.25, 0.3) is 5.91 Å². The van der Waals surface area contributed by atoms with E-state index in [0.29, 0.717) is 22.5 Å². The van der Waals surface area contributed by atoms with Gasteiger partial charge in [0.05, 0.1) is 11.0 Å². The van der Waals surface area contributed by atoms with Crippen LogP contribution in [0.3, 0.4) is 0 Å². The van der Waals surface area contributed by atoms with Crippen LogP contribution in [0.5, 0.6) is 0 Å². The smallest absolute Gasteiger partial charge is 0.323 e. The first-order chi connectivity index (χ1) is 14.0. The number of carbonyl (C=O) groups is 2. The Bertz CT molecular complexity index is 1210. The Morgan fingerprint density at radius 3 is 2.45 bits per heavy atom. The number of H-pyrrole nitrogens is 1. The number of para-hydroxylation sites is 1.